The second-order valence-electron chi connectivity index (χ2n) is 4.59. The number of fused-ring (bicyclic) bond motifs is 1. The van der Waals surface area contributed by atoms with E-state index in [4.69, 9.17) is 4.74 Å². The Morgan fingerprint density at radius 3 is 2.84 bits per heavy atom. The van der Waals surface area contributed by atoms with Crippen LogP contribution in [0.5, 0.6) is 17.2 Å². The Kier molecular flexibility index (Phi) is 2.91. The molecule has 0 radical (unpaired) electrons. The highest BCUT2D eigenvalue weighted by atomic mass is 16.5. The summed E-state index contributed by atoms with van der Waals surface area (Å²) < 4.78 is 5.45. The van der Waals surface area contributed by atoms with Crippen molar-refractivity contribution in [2.75, 3.05) is 11.9 Å². The third-order valence-electron chi connectivity index (χ3n) is 3.24. The molecule has 0 unspecified atom stereocenters. The third-order valence-corrected chi connectivity index (χ3v) is 3.24. The van der Waals surface area contributed by atoms with Crippen molar-refractivity contribution in [2.24, 2.45) is 0 Å². The molecule has 0 saturated heterocycles. The predicted molar refractivity (Wildman–Crippen MR) is 72.7 cm³/mol. The molecule has 0 amide bonds. The Morgan fingerprint density at radius 2 is 2.00 bits per heavy atom. The number of ether oxygens (including phenoxy) is 1. The molecule has 1 aliphatic heterocycles. The van der Waals surface area contributed by atoms with Crippen molar-refractivity contribution in [3.8, 4) is 17.2 Å². The molecule has 1 aliphatic rings. The van der Waals surface area contributed by atoms with E-state index in [0.717, 1.165) is 30.0 Å². The summed E-state index contributed by atoms with van der Waals surface area (Å²) in [6.45, 7) is 1.25. The zero-order chi connectivity index (χ0) is 13.2. The lowest BCUT2D eigenvalue weighted by molar-refractivity contribution is 0.357. The Balaban J connectivity index is 1.72. The molecule has 0 fully saturated rings. The van der Waals surface area contributed by atoms with Crippen LogP contribution in [0.3, 0.4) is 0 Å². The summed E-state index contributed by atoms with van der Waals surface area (Å²) >= 11 is 0. The SMILES string of the molecule is Oc1ccc(CNc2ccc3c(c2)CCO3)c(O)c1. The van der Waals surface area contributed by atoms with E-state index < -0.39 is 0 Å². The van der Waals surface area contributed by atoms with E-state index in [1.165, 1.54) is 11.6 Å². The van der Waals surface area contributed by atoms with Crippen molar-refractivity contribution in [3.63, 3.8) is 0 Å². The number of hydrogen-bond acceptors (Lipinski definition) is 4. The summed E-state index contributed by atoms with van der Waals surface area (Å²) in [4.78, 5) is 0. The van der Waals surface area contributed by atoms with Gasteiger partial charge in [0, 0.05) is 30.3 Å². The third kappa shape index (κ3) is 2.42. The molecule has 4 heteroatoms. The number of phenolic OH excluding ortho intramolecular Hbond substituents is 2. The van der Waals surface area contributed by atoms with E-state index in [1.807, 2.05) is 12.1 Å². The summed E-state index contributed by atoms with van der Waals surface area (Å²) in [5.41, 5.74) is 2.95. The Bertz CT molecular complexity index is 610. The van der Waals surface area contributed by atoms with Gasteiger partial charge in [0.05, 0.1) is 6.61 Å². The predicted octanol–water partition coefficient (Wildman–Crippen LogP) is 2.64. The maximum absolute atomic E-state index is 9.70. The number of anilines is 1. The standard InChI is InChI=1S/C15H15NO3/c17-13-3-1-11(14(18)8-13)9-16-12-2-4-15-10(7-12)5-6-19-15/h1-4,7-8,16-18H,5-6,9H2. The van der Waals surface area contributed by atoms with E-state index >= 15 is 0 Å². The molecule has 4 nitrogen and oxygen atoms in total. The van der Waals surface area contributed by atoms with Crippen LogP contribution in [-0.4, -0.2) is 16.8 Å². The summed E-state index contributed by atoms with van der Waals surface area (Å²) in [6, 6.07) is 10.6. The van der Waals surface area contributed by atoms with Gasteiger partial charge in [0.1, 0.15) is 17.2 Å². The monoisotopic (exact) mass is 257 g/mol. The number of nitrogens with one attached hydrogen (secondary N) is 1. The highest BCUT2D eigenvalue weighted by Crippen LogP contribution is 2.29. The molecule has 2 aromatic rings. The van der Waals surface area contributed by atoms with E-state index in [9.17, 15) is 10.2 Å². The van der Waals surface area contributed by atoms with Gasteiger partial charge >= 0.3 is 0 Å². The maximum atomic E-state index is 9.70. The Labute approximate surface area is 111 Å². The van der Waals surface area contributed by atoms with E-state index in [-0.39, 0.29) is 11.5 Å². The van der Waals surface area contributed by atoms with Gasteiger partial charge in [0.15, 0.2) is 0 Å². The summed E-state index contributed by atoms with van der Waals surface area (Å²) in [7, 11) is 0. The first kappa shape index (κ1) is 11.7. The van der Waals surface area contributed by atoms with E-state index in [2.05, 4.69) is 11.4 Å². The maximum Gasteiger partial charge on any atom is 0.124 e. The molecule has 0 bridgehead atoms. The normalized spacial score (nSPS) is 12.8. The quantitative estimate of drug-likeness (QED) is 0.791. The molecule has 0 spiro atoms. The van der Waals surface area contributed by atoms with E-state index in [1.54, 1.807) is 12.1 Å². The van der Waals surface area contributed by atoms with Crippen molar-refractivity contribution in [1.29, 1.82) is 0 Å². The first-order valence-electron chi connectivity index (χ1n) is 6.23. The van der Waals surface area contributed by atoms with Crippen LogP contribution in [0.25, 0.3) is 0 Å². The molecule has 0 aliphatic carbocycles. The van der Waals surface area contributed by atoms with Gasteiger partial charge in [-0.2, -0.15) is 0 Å². The molecule has 0 atom stereocenters. The molecule has 0 aromatic heterocycles. The topological polar surface area (TPSA) is 61.7 Å². The number of hydrogen-bond donors (Lipinski definition) is 3. The first-order valence-corrected chi connectivity index (χ1v) is 6.23. The molecule has 2 aromatic carbocycles. The average Bonchev–Trinajstić information content (AvgIpc) is 2.85. The fourth-order valence-corrected chi connectivity index (χ4v) is 2.20. The fourth-order valence-electron chi connectivity index (χ4n) is 2.20. The Hall–Kier alpha value is -2.36. The van der Waals surface area contributed by atoms with Gasteiger partial charge in [-0.3, -0.25) is 0 Å². The summed E-state index contributed by atoms with van der Waals surface area (Å²) in [5.74, 6) is 1.12. The van der Waals surface area contributed by atoms with Gasteiger partial charge < -0.3 is 20.3 Å². The molecule has 3 rings (SSSR count). The zero-order valence-electron chi connectivity index (χ0n) is 10.4. The number of phenols is 2. The lowest BCUT2D eigenvalue weighted by Gasteiger charge is -2.09. The molecule has 19 heavy (non-hydrogen) atoms. The minimum Gasteiger partial charge on any atom is -0.508 e. The minimum absolute atomic E-state index is 0.0657. The van der Waals surface area contributed by atoms with Crippen LogP contribution in [0.15, 0.2) is 36.4 Å². The van der Waals surface area contributed by atoms with Crippen molar-refractivity contribution in [1.82, 2.24) is 0 Å². The number of benzene rings is 2. The summed E-state index contributed by atoms with van der Waals surface area (Å²) in [5, 5.41) is 22.2. The van der Waals surface area contributed by atoms with Crippen LogP contribution in [0.4, 0.5) is 5.69 Å². The van der Waals surface area contributed by atoms with Gasteiger partial charge in [0.25, 0.3) is 0 Å². The van der Waals surface area contributed by atoms with Crippen molar-refractivity contribution in [3.05, 3.63) is 47.5 Å². The van der Waals surface area contributed by atoms with Gasteiger partial charge in [-0.05, 0) is 35.9 Å². The zero-order valence-corrected chi connectivity index (χ0v) is 10.4. The van der Waals surface area contributed by atoms with Crippen LogP contribution in [0.1, 0.15) is 11.1 Å². The van der Waals surface area contributed by atoms with Gasteiger partial charge in [-0.15, -0.1) is 0 Å². The van der Waals surface area contributed by atoms with Crippen LogP contribution in [0, 0.1) is 0 Å². The average molecular weight is 257 g/mol. The fraction of sp³-hybridized carbons (Fsp3) is 0.200. The molecule has 1 heterocycles. The van der Waals surface area contributed by atoms with Crippen LogP contribution in [0.2, 0.25) is 0 Å². The first-order chi connectivity index (χ1) is 9.22. The smallest absolute Gasteiger partial charge is 0.124 e. The largest absolute Gasteiger partial charge is 0.508 e. The molecule has 98 valence electrons. The highest BCUT2D eigenvalue weighted by molar-refractivity contribution is 5.53. The number of aromatic hydroxyl groups is 2. The van der Waals surface area contributed by atoms with Crippen LogP contribution < -0.4 is 10.1 Å². The van der Waals surface area contributed by atoms with Gasteiger partial charge in [-0.25, -0.2) is 0 Å². The van der Waals surface area contributed by atoms with Crippen LogP contribution in [-0.2, 0) is 13.0 Å². The number of rotatable bonds is 3. The molecular formula is C15H15NO3. The molecule has 3 N–H and O–H groups in total. The van der Waals surface area contributed by atoms with Gasteiger partial charge in [0.2, 0.25) is 0 Å². The Morgan fingerprint density at radius 1 is 1.11 bits per heavy atom. The van der Waals surface area contributed by atoms with Crippen molar-refractivity contribution in [2.45, 2.75) is 13.0 Å². The molecule has 0 saturated carbocycles. The lowest BCUT2D eigenvalue weighted by Crippen LogP contribution is -1.99. The lowest BCUT2D eigenvalue weighted by atomic mass is 10.1. The summed E-state index contributed by atoms with van der Waals surface area (Å²) in [6.07, 6.45) is 0.940. The second kappa shape index (κ2) is 4.72. The second-order valence-corrected chi connectivity index (χ2v) is 4.59. The van der Waals surface area contributed by atoms with Crippen molar-refractivity contribution < 1.29 is 14.9 Å². The highest BCUT2D eigenvalue weighted by Gasteiger charge is 2.12. The van der Waals surface area contributed by atoms with Crippen molar-refractivity contribution >= 4 is 5.69 Å². The van der Waals surface area contributed by atoms with Gasteiger partial charge in [-0.1, -0.05) is 0 Å². The molecular weight excluding hydrogens is 242 g/mol. The minimum atomic E-state index is 0.0657. The van der Waals surface area contributed by atoms with Crippen LogP contribution >= 0.6 is 0 Å². The van der Waals surface area contributed by atoms with E-state index in [0.29, 0.717) is 6.54 Å².